The first-order chi connectivity index (χ1) is 15.2. The van der Waals surface area contributed by atoms with E-state index in [0.717, 1.165) is 52.9 Å². The van der Waals surface area contributed by atoms with Crippen LogP contribution in [0, 0.1) is 6.92 Å². The van der Waals surface area contributed by atoms with Crippen molar-refractivity contribution in [1.29, 1.82) is 0 Å². The minimum atomic E-state index is -0.140. The molecule has 1 N–H and O–H groups in total. The van der Waals surface area contributed by atoms with E-state index in [2.05, 4.69) is 45.0 Å². The second-order valence-corrected chi connectivity index (χ2v) is 8.78. The van der Waals surface area contributed by atoms with Gasteiger partial charge in [0.25, 0.3) is 5.91 Å². The number of thiophene rings is 1. The molecule has 31 heavy (non-hydrogen) atoms. The molecule has 0 unspecified atom stereocenters. The fraction of sp³-hybridized carbons (Fsp3) is 0.292. The van der Waals surface area contributed by atoms with Gasteiger partial charge in [0, 0.05) is 25.5 Å². The van der Waals surface area contributed by atoms with Crippen LogP contribution in [0.25, 0.3) is 15.9 Å². The molecule has 4 heterocycles. The number of hydrogen-bond donors (Lipinski definition) is 1. The maximum atomic E-state index is 12.8. The predicted molar refractivity (Wildman–Crippen MR) is 122 cm³/mol. The number of aromatic nitrogens is 3. The lowest BCUT2D eigenvalue weighted by atomic mass is 10.0. The highest BCUT2D eigenvalue weighted by atomic mass is 32.1. The van der Waals surface area contributed by atoms with Crippen LogP contribution in [0.5, 0.6) is 0 Å². The van der Waals surface area contributed by atoms with Crippen LogP contribution in [0.15, 0.2) is 54.2 Å². The van der Waals surface area contributed by atoms with Crippen molar-refractivity contribution >= 4 is 27.5 Å². The normalized spacial score (nSPS) is 16.1. The molecule has 0 bridgehead atoms. The number of ether oxygens (including phenoxy) is 1. The molecule has 6 nitrogen and oxygen atoms in total. The van der Waals surface area contributed by atoms with E-state index in [1.54, 1.807) is 17.5 Å². The number of benzene rings is 1. The zero-order valence-corrected chi connectivity index (χ0v) is 18.2. The number of pyridine rings is 1. The number of amides is 1. The van der Waals surface area contributed by atoms with Gasteiger partial charge in [-0.15, -0.1) is 11.3 Å². The summed E-state index contributed by atoms with van der Waals surface area (Å²) in [6.45, 7) is 3.36. The van der Waals surface area contributed by atoms with E-state index in [0.29, 0.717) is 12.2 Å². The molecule has 0 saturated carbocycles. The molecule has 5 rings (SSSR count). The number of fused-ring (bicyclic) bond motifs is 1. The van der Waals surface area contributed by atoms with Crippen LogP contribution >= 0.6 is 11.3 Å². The smallest absolute Gasteiger partial charge is 0.270 e. The molecular weight excluding hydrogens is 408 g/mol. The van der Waals surface area contributed by atoms with E-state index in [1.165, 1.54) is 5.56 Å². The van der Waals surface area contributed by atoms with Gasteiger partial charge in [-0.1, -0.05) is 12.1 Å². The van der Waals surface area contributed by atoms with Gasteiger partial charge < -0.3 is 10.1 Å². The third-order valence-electron chi connectivity index (χ3n) is 5.62. The number of carbonyl (C=O) groups is 1. The van der Waals surface area contributed by atoms with Crippen LogP contribution in [0.2, 0.25) is 0 Å². The Bertz CT molecular complexity index is 1190. The molecule has 4 aromatic rings. The SMILES string of the molecule is Cc1csc2c(Cc3ccc(-n4cccn4)cc3)cc(C(=O)NC[C@@H]3CCCO3)nc12. The molecule has 1 aliphatic heterocycles. The first-order valence-electron chi connectivity index (χ1n) is 10.5. The third kappa shape index (κ3) is 4.24. The van der Waals surface area contributed by atoms with Crippen LogP contribution in [-0.2, 0) is 11.2 Å². The zero-order valence-electron chi connectivity index (χ0n) is 17.4. The molecule has 0 radical (unpaired) electrons. The van der Waals surface area contributed by atoms with Crippen molar-refractivity contribution in [2.75, 3.05) is 13.2 Å². The van der Waals surface area contributed by atoms with E-state index in [-0.39, 0.29) is 12.0 Å². The molecule has 3 aromatic heterocycles. The lowest BCUT2D eigenvalue weighted by Crippen LogP contribution is -2.32. The van der Waals surface area contributed by atoms with Crippen LogP contribution in [0.3, 0.4) is 0 Å². The summed E-state index contributed by atoms with van der Waals surface area (Å²) in [6.07, 6.45) is 6.61. The van der Waals surface area contributed by atoms with Gasteiger partial charge >= 0.3 is 0 Å². The van der Waals surface area contributed by atoms with Crippen molar-refractivity contribution in [3.63, 3.8) is 0 Å². The maximum absolute atomic E-state index is 12.8. The molecule has 1 fully saturated rings. The summed E-state index contributed by atoms with van der Waals surface area (Å²) in [6, 6.07) is 12.2. The molecule has 0 spiro atoms. The lowest BCUT2D eigenvalue weighted by molar-refractivity contribution is 0.0854. The summed E-state index contributed by atoms with van der Waals surface area (Å²) < 4.78 is 8.60. The van der Waals surface area contributed by atoms with Gasteiger partial charge in [-0.3, -0.25) is 4.79 Å². The highest BCUT2D eigenvalue weighted by Crippen LogP contribution is 2.29. The molecule has 1 saturated heterocycles. The Morgan fingerprint density at radius 3 is 2.94 bits per heavy atom. The molecular formula is C24H24N4O2S. The maximum Gasteiger partial charge on any atom is 0.270 e. The molecule has 1 atom stereocenters. The standard InChI is InChI=1S/C24H24N4O2S/c1-16-15-31-23-18(12-17-5-7-19(8-6-17)28-10-3-9-26-28)13-21(27-22(16)23)24(29)25-14-20-4-2-11-30-20/h3,5-10,13,15,20H,2,4,11-12,14H2,1H3,(H,25,29)/t20-/m0/s1. The number of rotatable bonds is 6. The zero-order chi connectivity index (χ0) is 21.2. The summed E-state index contributed by atoms with van der Waals surface area (Å²) in [5, 5.41) is 9.38. The topological polar surface area (TPSA) is 69.0 Å². The van der Waals surface area contributed by atoms with Crippen LogP contribution < -0.4 is 5.32 Å². The van der Waals surface area contributed by atoms with Gasteiger partial charge in [0.05, 0.1) is 22.0 Å². The van der Waals surface area contributed by atoms with Gasteiger partial charge in [-0.25, -0.2) is 9.67 Å². The minimum absolute atomic E-state index is 0.114. The number of nitrogens with one attached hydrogen (secondary N) is 1. The molecule has 0 aliphatic carbocycles. The quantitative estimate of drug-likeness (QED) is 0.494. The average molecular weight is 433 g/mol. The summed E-state index contributed by atoms with van der Waals surface area (Å²) in [4.78, 5) is 17.5. The number of nitrogens with zero attached hydrogens (tertiary/aromatic N) is 3. The fourth-order valence-electron chi connectivity index (χ4n) is 3.95. The van der Waals surface area contributed by atoms with Crippen molar-refractivity contribution in [2.24, 2.45) is 0 Å². The highest BCUT2D eigenvalue weighted by Gasteiger charge is 2.19. The second kappa shape index (κ2) is 8.61. The van der Waals surface area contributed by atoms with E-state index in [9.17, 15) is 4.79 Å². The molecule has 1 aliphatic rings. The number of hydrogen-bond acceptors (Lipinski definition) is 5. The number of aryl methyl sites for hydroxylation is 1. The van der Waals surface area contributed by atoms with Crippen molar-refractivity contribution < 1.29 is 9.53 Å². The average Bonchev–Trinajstić information content (AvgIpc) is 3.56. The van der Waals surface area contributed by atoms with Gasteiger partial charge in [0.2, 0.25) is 0 Å². The van der Waals surface area contributed by atoms with Crippen LogP contribution in [0.4, 0.5) is 0 Å². The van der Waals surface area contributed by atoms with Crippen molar-refractivity contribution in [3.05, 3.63) is 76.6 Å². The largest absolute Gasteiger partial charge is 0.376 e. The van der Waals surface area contributed by atoms with Crippen LogP contribution in [0.1, 0.15) is 40.0 Å². The van der Waals surface area contributed by atoms with Gasteiger partial charge in [-0.2, -0.15) is 5.10 Å². The summed E-state index contributed by atoms with van der Waals surface area (Å²) in [7, 11) is 0. The molecule has 7 heteroatoms. The van der Waals surface area contributed by atoms with Crippen molar-refractivity contribution in [2.45, 2.75) is 32.3 Å². The summed E-state index contributed by atoms with van der Waals surface area (Å²) >= 11 is 1.69. The van der Waals surface area contributed by atoms with E-state index < -0.39 is 0 Å². The predicted octanol–water partition coefficient (Wildman–Crippen LogP) is 4.29. The highest BCUT2D eigenvalue weighted by molar-refractivity contribution is 7.17. The Kier molecular flexibility index (Phi) is 5.53. The lowest BCUT2D eigenvalue weighted by Gasteiger charge is -2.12. The summed E-state index contributed by atoms with van der Waals surface area (Å²) in [5.41, 5.74) is 5.81. The third-order valence-corrected chi connectivity index (χ3v) is 6.79. The Labute approximate surface area is 184 Å². The molecule has 1 amide bonds. The minimum Gasteiger partial charge on any atom is -0.376 e. The van der Waals surface area contributed by atoms with Gasteiger partial charge in [0.15, 0.2) is 0 Å². The van der Waals surface area contributed by atoms with E-state index >= 15 is 0 Å². The fourth-order valence-corrected chi connectivity index (χ4v) is 4.95. The Hall–Kier alpha value is -3.03. The second-order valence-electron chi connectivity index (χ2n) is 7.90. The summed E-state index contributed by atoms with van der Waals surface area (Å²) in [5.74, 6) is -0.140. The first-order valence-corrected chi connectivity index (χ1v) is 11.4. The Balaban J connectivity index is 1.40. The van der Waals surface area contributed by atoms with Gasteiger partial charge in [0.1, 0.15) is 5.69 Å². The van der Waals surface area contributed by atoms with Crippen molar-refractivity contribution in [3.8, 4) is 5.69 Å². The van der Waals surface area contributed by atoms with E-state index in [1.807, 2.05) is 29.9 Å². The Morgan fingerprint density at radius 2 is 2.19 bits per heavy atom. The molecule has 1 aromatic carbocycles. The number of carbonyl (C=O) groups excluding carboxylic acids is 1. The molecule has 158 valence electrons. The monoisotopic (exact) mass is 432 g/mol. The van der Waals surface area contributed by atoms with Crippen molar-refractivity contribution in [1.82, 2.24) is 20.1 Å². The van der Waals surface area contributed by atoms with E-state index in [4.69, 9.17) is 4.74 Å². The van der Waals surface area contributed by atoms with Gasteiger partial charge in [-0.05, 0) is 72.5 Å². The Morgan fingerprint density at radius 1 is 1.32 bits per heavy atom. The first kappa shape index (κ1) is 19.9. The van der Waals surface area contributed by atoms with Crippen LogP contribution in [-0.4, -0.2) is 39.9 Å².